The maximum absolute atomic E-state index is 4.76. The molecule has 0 atom stereocenters. The Morgan fingerprint density at radius 3 is 2.32 bits per heavy atom. The molecule has 4 heteroatoms. The average Bonchev–Trinajstić information content (AvgIpc) is 2.84. The Bertz CT molecular complexity index is 551. The fourth-order valence-corrected chi connectivity index (χ4v) is 2.94. The van der Waals surface area contributed by atoms with Crippen molar-refractivity contribution in [2.24, 2.45) is 4.40 Å². The van der Waals surface area contributed by atoms with Crippen LogP contribution in [0.3, 0.4) is 0 Å². The van der Waals surface area contributed by atoms with E-state index >= 15 is 0 Å². The van der Waals surface area contributed by atoms with E-state index in [1.165, 1.54) is 5.56 Å². The molecule has 1 aromatic heterocycles. The lowest BCUT2D eigenvalue weighted by Gasteiger charge is -2.14. The Balaban J connectivity index is 2.38. The highest BCUT2D eigenvalue weighted by Crippen LogP contribution is 2.27. The minimum absolute atomic E-state index is 0.122. The van der Waals surface area contributed by atoms with E-state index in [1.54, 1.807) is 23.3 Å². The monoisotopic (exact) mass is 353 g/mol. The van der Waals surface area contributed by atoms with Crippen LogP contribution in [0.15, 0.2) is 50.0 Å². The van der Waals surface area contributed by atoms with Crippen molar-refractivity contribution in [3.63, 3.8) is 0 Å². The van der Waals surface area contributed by atoms with Crippen molar-refractivity contribution in [3.05, 3.63) is 56.7 Å². The summed E-state index contributed by atoms with van der Waals surface area (Å²) in [5, 5.41) is 4.23. The van der Waals surface area contributed by atoms with Gasteiger partial charge in [-0.2, -0.15) is 11.3 Å². The van der Waals surface area contributed by atoms with Crippen LogP contribution < -0.4 is 0 Å². The van der Waals surface area contributed by atoms with Gasteiger partial charge < -0.3 is 0 Å². The van der Waals surface area contributed by atoms with Crippen molar-refractivity contribution in [1.29, 1.82) is 0 Å². The third-order valence-corrected chi connectivity index (χ3v) is 4.36. The molecule has 2 rings (SSSR count). The van der Waals surface area contributed by atoms with Gasteiger partial charge in [0.25, 0.3) is 0 Å². The van der Waals surface area contributed by atoms with Gasteiger partial charge in [0, 0.05) is 25.7 Å². The van der Waals surface area contributed by atoms with E-state index in [4.69, 9.17) is 4.40 Å². The maximum atomic E-state index is 4.76. The second-order valence-corrected chi connectivity index (χ2v) is 8.45. The lowest BCUT2D eigenvalue weighted by atomic mass is 10.1. The number of halogens is 1. The average molecular weight is 354 g/mol. The molecule has 0 spiro atoms. The van der Waals surface area contributed by atoms with E-state index in [2.05, 4.69) is 77.8 Å². The zero-order valence-corrected chi connectivity index (χ0v) is 14.4. The summed E-state index contributed by atoms with van der Waals surface area (Å²) in [6.45, 7) is 6.52. The molecule has 100 valence electrons. The SMILES string of the molecule is CC(C)(C)S/N=C(\c1ccc(Br)cc1)c1ccsc1. The minimum atomic E-state index is 0.122. The lowest BCUT2D eigenvalue weighted by molar-refractivity contribution is 0.804. The van der Waals surface area contributed by atoms with Crippen molar-refractivity contribution in [1.82, 2.24) is 0 Å². The topological polar surface area (TPSA) is 12.4 Å². The van der Waals surface area contributed by atoms with Crippen LogP contribution in [0.1, 0.15) is 31.9 Å². The number of hydrogen-bond acceptors (Lipinski definition) is 3. The minimum Gasteiger partial charge on any atom is -0.215 e. The third-order valence-electron chi connectivity index (χ3n) is 2.32. The normalized spacial score (nSPS) is 12.7. The van der Waals surface area contributed by atoms with Crippen LogP contribution >= 0.6 is 39.2 Å². The number of rotatable bonds is 3. The molecule has 0 saturated carbocycles. The van der Waals surface area contributed by atoms with E-state index < -0.39 is 0 Å². The van der Waals surface area contributed by atoms with Crippen molar-refractivity contribution in [2.45, 2.75) is 25.5 Å². The molecule has 19 heavy (non-hydrogen) atoms. The first kappa shape index (κ1) is 14.8. The van der Waals surface area contributed by atoms with Crippen LogP contribution in [0, 0.1) is 0 Å². The van der Waals surface area contributed by atoms with Gasteiger partial charge in [-0.3, -0.25) is 0 Å². The maximum Gasteiger partial charge on any atom is 0.0866 e. The predicted molar refractivity (Wildman–Crippen MR) is 91.4 cm³/mol. The van der Waals surface area contributed by atoms with E-state index in [0.717, 1.165) is 15.7 Å². The number of nitrogens with zero attached hydrogens (tertiary/aromatic N) is 1. The number of thiophene rings is 1. The molecule has 0 unspecified atom stereocenters. The zero-order valence-electron chi connectivity index (χ0n) is 11.2. The highest BCUT2D eigenvalue weighted by molar-refractivity contribution is 9.10. The summed E-state index contributed by atoms with van der Waals surface area (Å²) in [5.74, 6) is 0. The van der Waals surface area contributed by atoms with Crippen LogP contribution in [0.5, 0.6) is 0 Å². The highest BCUT2D eigenvalue weighted by Gasteiger charge is 2.13. The largest absolute Gasteiger partial charge is 0.215 e. The summed E-state index contributed by atoms with van der Waals surface area (Å²) in [6, 6.07) is 10.4. The molecular formula is C15H16BrNS2. The van der Waals surface area contributed by atoms with E-state index in [-0.39, 0.29) is 4.75 Å². The first-order valence-electron chi connectivity index (χ1n) is 6.00. The standard InChI is InChI=1S/C15H16BrNS2/c1-15(2,3)19-17-14(12-8-9-18-10-12)11-4-6-13(16)7-5-11/h4-10H,1-3H3/b17-14+. The Labute approximate surface area is 131 Å². The molecule has 0 saturated heterocycles. The van der Waals surface area contributed by atoms with Gasteiger partial charge in [0.05, 0.1) is 5.71 Å². The molecule has 0 N–H and O–H groups in total. The van der Waals surface area contributed by atoms with Gasteiger partial charge in [-0.1, -0.05) is 28.1 Å². The summed E-state index contributed by atoms with van der Waals surface area (Å²) in [5.41, 5.74) is 3.39. The molecule has 0 bridgehead atoms. The van der Waals surface area contributed by atoms with Gasteiger partial charge in [-0.25, -0.2) is 4.40 Å². The fraction of sp³-hybridized carbons (Fsp3) is 0.267. The van der Waals surface area contributed by atoms with Crippen molar-refractivity contribution in [3.8, 4) is 0 Å². The van der Waals surface area contributed by atoms with Gasteiger partial charge in [0.15, 0.2) is 0 Å². The predicted octanol–water partition coefficient (Wildman–Crippen LogP) is 5.79. The van der Waals surface area contributed by atoms with Crippen LogP contribution in [-0.2, 0) is 0 Å². The van der Waals surface area contributed by atoms with Gasteiger partial charge >= 0.3 is 0 Å². The van der Waals surface area contributed by atoms with Crippen LogP contribution in [0.4, 0.5) is 0 Å². The molecule has 0 radical (unpaired) electrons. The van der Waals surface area contributed by atoms with Gasteiger partial charge in [-0.15, -0.1) is 0 Å². The zero-order chi connectivity index (χ0) is 13.9. The van der Waals surface area contributed by atoms with Crippen molar-refractivity contribution < 1.29 is 0 Å². The number of hydrogen-bond donors (Lipinski definition) is 0. The van der Waals surface area contributed by atoms with Gasteiger partial charge in [-0.05, 0) is 56.3 Å². The summed E-state index contributed by atoms with van der Waals surface area (Å²) in [7, 11) is 0. The molecule has 0 amide bonds. The summed E-state index contributed by atoms with van der Waals surface area (Å²) in [4.78, 5) is 0. The summed E-state index contributed by atoms with van der Waals surface area (Å²) in [6.07, 6.45) is 0. The first-order valence-corrected chi connectivity index (χ1v) is 8.51. The molecule has 0 aliphatic carbocycles. The van der Waals surface area contributed by atoms with Crippen LogP contribution in [0.2, 0.25) is 0 Å². The molecule has 1 aromatic carbocycles. The molecule has 0 aliphatic rings. The molecule has 0 fully saturated rings. The molecule has 1 heterocycles. The Morgan fingerprint density at radius 2 is 1.79 bits per heavy atom. The summed E-state index contributed by atoms with van der Waals surface area (Å²) >= 11 is 6.79. The number of benzene rings is 1. The van der Waals surface area contributed by atoms with Crippen molar-refractivity contribution >= 4 is 44.9 Å². The van der Waals surface area contributed by atoms with Crippen LogP contribution in [0.25, 0.3) is 0 Å². The fourth-order valence-electron chi connectivity index (χ4n) is 1.46. The Hall–Kier alpha value is -0.580. The summed E-state index contributed by atoms with van der Waals surface area (Å²) < 4.78 is 5.97. The van der Waals surface area contributed by atoms with E-state index in [1.807, 2.05) is 0 Å². The van der Waals surface area contributed by atoms with Crippen molar-refractivity contribution in [2.75, 3.05) is 0 Å². The lowest BCUT2D eigenvalue weighted by Crippen LogP contribution is -2.08. The van der Waals surface area contributed by atoms with Gasteiger partial charge in [0.1, 0.15) is 0 Å². The third kappa shape index (κ3) is 4.48. The molecule has 1 nitrogen and oxygen atoms in total. The van der Waals surface area contributed by atoms with E-state index in [9.17, 15) is 0 Å². The van der Waals surface area contributed by atoms with E-state index in [0.29, 0.717) is 0 Å². The molecular weight excluding hydrogens is 338 g/mol. The Morgan fingerprint density at radius 1 is 1.11 bits per heavy atom. The molecule has 2 aromatic rings. The second-order valence-electron chi connectivity index (χ2n) is 5.16. The highest BCUT2D eigenvalue weighted by atomic mass is 79.9. The molecule has 0 aliphatic heterocycles. The first-order chi connectivity index (χ1) is 8.96. The Kier molecular flexibility index (Phi) is 4.87. The van der Waals surface area contributed by atoms with Crippen LogP contribution in [-0.4, -0.2) is 10.5 Å². The second kappa shape index (κ2) is 6.25. The smallest absolute Gasteiger partial charge is 0.0866 e. The van der Waals surface area contributed by atoms with Gasteiger partial charge in [0.2, 0.25) is 0 Å². The quantitative estimate of drug-likeness (QED) is 0.502.